The Morgan fingerprint density at radius 1 is 1.35 bits per heavy atom. The van der Waals surface area contributed by atoms with Crippen LogP contribution in [-0.4, -0.2) is 33.2 Å². The number of piperidine rings is 1. The minimum atomic E-state index is -4.65. The minimum Gasteiger partial charge on any atom is -0.370 e. The predicted octanol–water partition coefficient (Wildman–Crippen LogP) is 2.16. The van der Waals surface area contributed by atoms with Crippen molar-refractivity contribution in [3.8, 4) is 0 Å². The van der Waals surface area contributed by atoms with Gasteiger partial charge in [-0.2, -0.15) is 8.78 Å². The molecule has 0 radical (unpaired) electrons. The van der Waals surface area contributed by atoms with E-state index in [9.17, 15) is 22.0 Å². The van der Waals surface area contributed by atoms with E-state index < -0.39 is 15.6 Å². The van der Waals surface area contributed by atoms with Crippen LogP contribution in [0.3, 0.4) is 0 Å². The quantitative estimate of drug-likeness (QED) is 0.856. The summed E-state index contributed by atoms with van der Waals surface area (Å²) < 4.78 is 49.5. The number of anilines is 1. The highest BCUT2D eigenvalue weighted by Gasteiger charge is 2.31. The second kappa shape index (κ2) is 7.25. The molecule has 1 atom stereocenters. The van der Waals surface area contributed by atoms with Crippen LogP contribution in [0.15, 0.2) is 29.2 Å². The Bertz CT molecular complexity index is 664. The van der Waals surface area contributed by atoms with Crippen LogP contribution in [0, 0.1) is 5.92 Å². The van der Waals surface area contributed by atoms with Crippen molar-refractivity contribution in [3.63, 3.8) is 0 Å². The maximum absolute atomic E-state index is 12.9. The van der Waals surface area contributed by atoms with Crippen molar-refractivity contribution in [1.82, 2.24) is 0 Å². The van der Waals surface area contributed by atoms with Gasteiger partial charge in [-0.05, 0) is 37.3 Å². The highest BCUT2D eigenvalue weighted by Crippen LogP contribution is 2.32. The first-order valence-corrected chi connectivity index (χ1v) is 9.01. The number of amides is 1. The summed E-state index contributed by atoms with van der Waals surface area (Å²) in [6, 6.07) is 5.83. The normalized spacial score (nSPS) is 19.1. The summed E-state index contributed by atoms with van der Waals surface area (Å²) in [4.78, 5) is 12.4. The lowest BCUT2D eigenvalue weighted by Crippen LogP contribution is -2.36. The van der Waals surface area contributed by atoms with E-state index in [2.05, 4.69) is 0 Å². The fourth-order valence-electron chi connectivity index (χ4n) is 2.92. The number of rotatable bonds is 6. The number of primary amides is 1. The standard InChI is InChI=1S/C15H20F2N2O3S/c16-15(17)23(21,22)13-6-2-1-5-12(13)19-9-3-4-11(10-19)7-8-14(18)20/h1-2,5-6,11,15H,3-4,7-10H2,(H2,18,20). The molecule has 1 fully saturated rings. The molecule has 8 heteroatoms. The first-order valence-electron chi connectivity index (χ1n) is 7.46. The number of hydrogen-bond donors (Lipinski definition) is 1. The molecule has 1 amide bonds. The Labute approximate surface area is 134 Å². The number of para-hydroxylation sites is 1. The first-order chi connectivity index (χ1) is 10.8. The second-order valence-corrected chi connectivity index (χ2v) is 7.62. The molecule has 2 N–H and O–H groups in total. The third-order valence-corrected chi connectivity index (χ3v) is 5.49. The molecule has 1 aromatic carbocycles. The van der Waals surface area contributed by atoms with Crippen LogP contribution < -0.4 is 10.6 Å². The number of hydrogen-bond acceptors (Lipinski definition) is 4. The lowest BCUT2D eigenvalue weighted by atomic mass is 9.93. The summed E-state index contributed by atoms with van der Waals surface area (Å²) in [5.74, 6) is -3.62. The van der Waals surface area contributed by atoms with Crippen LogP contribution in [0.5, 0.6) is 0 Å². The largest absolute Gasteiger partial charge is 0.370 e. The summed E-state index contributed by atoms with van der Waals surface area (Å²) in [7, 11) is -4.65. The van der Waals surface area contributed by atoms with E-state index in [4.69, 9.17) is 5.73 Å². The van der Waals surface area contributed by atoms with Gasteiger partial charge in [0.25, 0.3) is 0 Å². The third-order valence-electron chi connectivity index (χ3n) is 4.07. The average Bonchev–Trinajstić information content (AvgIpc) is 2.53. The maximum Gasteiger partial charge on any atom is 0.341 e. The average molecular weight is 346 g/mol. The SMILES string of the molecule is NC(=O)CCC1CCCN(c2ccccc2S(=O)(=O)C(F)F)C1. The van der Waals surface area contributed by atoms with Gasteiger partial charge in [0.15, 0.2) is 0 Å². The molecule has 1 saturated heterocycles. The molecule has 1 unspecified atom stereocenters. The van der Waals surface area contributed by atoms with Gasteiger partial charge in [0, 0.05) is 19.5 Å². The highest BCUT2D eigenvalue weighted by atomic mass is 32.2. The molecule has 0 aliphatic carbocycles. The number of sulfone groups is 1. The van der Waals surface area contributed by atoms with Crippen LogP contribution in [0.25, 0.3) is 0 Å². The molecule has 0 aromatic heterocycles. The van der Waals surface area contributed by atoms with Crippen LogP contribution in [0.4, 0.5) is 14.5 Å². The summed E-state index contributed by atoms with van der Waals surface area (Å²) in [5.41, 5.74) is 5.46. The Kier molecular flexibility index (Phi) is 5.56. The molecule has 1 aromatic rings. The monoisotopic (exact) mass is 346 g/mol. The molecule has 1 aliphatic heterocycles. The summed E-state index contributed by atoms with van der Waals surface area (Å²) in [6.07, 6.45) is 2.62. The fraction of sp³-hybridized carbons (Fsp3) is 0.533. The van der Waals surface area contributed by atoms with E-state index in [1.54, 1.807) is 12.1 Å². The van der Waals surface area contributed by atoms with E-state index >= 15 is 0 Å². The van der Waals surface area contributed by atoms with Crippen LogP contribution >= 0.6 is 0 Å². The van der Waals surface area contributed by atoms with E-state index in [-0.39, 0.29) is 23.1 Å². The Morgan fingerprint density at radius 3 is 2.70 bits per heavy atom. The maximum atomic E-state index is 12.9. The summed E-state index contributed by atoms with van der Waals surface area (Å²) in [5, 5.41) is 0. The lowest BCUT2D eigenvalue weighted by molar-refractivity contribution is -0.118. The van der Waals surface area contributed by atoms with Crippen LogP contribution in [-0.2, 0) is 14.6 Å². The topological polar surface area (TPSA) is 80.5 Å². The molecule has 0 saturated carbocycles. The Balaban J connectivity index is 2.23. The number of alkyl halides is 2. The van der Waals surface area contributed by atoms with Crippen molar-refractivity contribution in [3.05, 3.63) is 24.3 Å². The molecule has 23 heavy (non-hydrogen) atoms. The van der Waals surface area contributed by atoms with Gasteiger partial charge in [0.2, 0.25) is 15.7 Å². The molecule has 2 rings (SSSR count). The van der Waals surface area contributed by atoms with E-state index in [0.29, 0.717) is 25.2 Å². The zero-order chi connectivity index (χ0) is 17.0. The summed E-state index contributed by atoms with van der Waals surface area (Å²) >= 11 is 0. The highest BCUT2D eigenvalue weighted by molar-refractivity contribution is 7.91. The number of halogens is 2. The molecule has 5 nitrogen and oxygen atoms in total. The van der Waals surface area contributed by atoms with Gasteiger partial charge in [0.1, 0.15) is 0 Å². The fourth-order valence-corrected chi connectivity index (χ4v) is 3.87. The Morgan fingerprint density at radius 2 is 2.04 bits per heavy atom. The van der Waals surface area contributed by atoms with Gasteiger partial charge in [-0.1, -0.05) is 12.1 Å². The van der Waals surface area contributed by atoms with Crippen molar-refractivity contribution >= 4 is 21.4 Å². The van der Waals surface area contributed by atoms with Gasteiger partial charge in [-0.25, -0.2) is 8.42 Å². The van der Waals surface area contributed by atoms with Gasteiger partial charge in [-0.15, -0.1) is 0 Å². The van der Waals surface area contributed by atoms with Gasteiger partial charge >= 0.3 is 5.76 Å². The zero-order valence-electron chi connectivity index (χ0n) is 12.6. The molecule has 0 spiro atoms. The number of nitrogens with two attached hydrogens (primary N) is 1. The Hall–Kier alpha value is -1.70. The van der Waals surface area contributed by atoms with Crippen molar-refractivity contribution in [2.24, 2.45) is 11.7 Å². The van der Waals surface area contributed by atoms with Gasteiger partial charge in [-0.3, -0.25) is 4.79 Å². The molecular formula is C15H20F2N2O3S. The van der Waals surface area contributed by atoms with Crippen molar-refractivity contribution < 1.29 is 22.0 Å². The van der Waals surface area contributed by atoms with Crippen molar-refractivity contribution in [2.75, 3.05) is 18.0 Å². The molecule has 1 aliphatic rings. The van der Waals surface area contributed by atoms with Crippen LogP contribution in [0.2, 0.25) is 0 Å². The number of benzene rings is 1. The lowest BCUT2D eigenvalue weighted by Gasteiger charge is -2.35. The molecule has 0 bridgehead atoms. The van der Waals surface area contributed by atoms with Crippen molar-refractivity contribution in [2.45, 2.75) is 36.3 Å². The van der Waals surface area contributed by atoms with Crippen molar-refractivity contribution in [1.29, 1.82) is 0 Å². The molecule has 1 heterocycles. The molecular weight excluding hydrogens is 326 g/mol. The second-order valence-electron chi connectivity index (χ2n) is 5.73. The van der Waals surface area contributed by atoms with E-state index in [1.165, 1.54) is 12.1 Å². The van der Waals surface area contributed by atoms with Gasteiger partial charge in [0.05, 0.1) is 10.6 Å². The van der Waals surface area contributed by atoms with Gasteiger partial charge < -0.3 is 10.6 Å². The summed E-state index contributed by atoms with van der Waals surface area (Å²) in [6.45, 7) is 1.13. The third kappa shape index (κ3) is 4.19. The zero-order valence-corrected chi connectivity index (χ0v) is 13.4. The van der Waals surface area contributed by atoms with E-state index in [1.807, 2.05) is 4.90 Å². The number of carbonyl (C=O) groups is 1. The first kappa shape index (κ1) is 17.7. The minimum absolute atomic E-state index is 0.193. The van der Waals surface area contributed by atoms with Crippen LogP contribution in [0.1, 0.15) is 25.7 Å². The smallest absolute Gasteiger partial charge is 0.341 e. The predicted molar refractivity (Wildman–Crippen MR) is 83.0 cm³/mol. The number of nitrogens with zero attached hydrogens (tertiary/aromatic N) is 1. The molecule has 128 valence electrons. The van der Waals surface area contributed by atoms with E-state index in [0.717, 1.165) is 12.8 Å². The number of carbonyl (C=O) groups excluding carboxylic acids is 1.